The zero-order valence-electron chi connectivity index (χ0n) is 10.2. The lowest BCUT2D eigenvalue weighted by atomic mass is 10.2. The maximum absolute atomic E-state index is 8.86. The van der Waals surface area contributed by atoms with E-state index in [2.05, 4.69) is 36.5 Å². The number of hydrogen-bond donors (Lipinski definition) is 0. The van der Waals surface area contributed by atoms with E-state index in [1.165, 1.54) is 10.5 Å². The molecule has 0 amide bonds. The third-order valence-electron chi connectivity index (χ3n) is 2.60. The predicted octanol–water partition coefficient (Wildman–Crippen LogP) is 3.90. The fourth-order valence-electron chi connectivity index (χ4n) is 1.58. The van der Waals surface area contributed by atoms with E-state index in [1.54, 1.807) is 23.7 Å². The van der Waals surface area contributed by atoms with Gasteiger partial charge >= 0.3 is 0 Å². The maximum Gasteiger partial charge on any atom is 0.183 e. The largest absolute Gasteiger partial charge is 0.283 e. The van der Waals surface area contributed by atoms with Gasteiger partial charge in [0.05, 0.1) is 5.69 Å². The van der Waals surface area contributed by atoms with Crippen molar-refractivity contribution in [3.8, 4) is 6.19 Å². The second-order valence-electron chi connectivity index (χ2n) is 3.93. The van der Waals surface area contributed by atoms with Crippen LogP contribution in [-0.2, 0) is 5.75 Å². The summed E-state index contributed by atoms with van der Waals surface area (Å²) in [5, 5.41) is 8.86. The summed E-state index contributed by atoms with van der Waals surface area (Å²) in [6.45, 7) is 0. The van der Waals surface area contributed by atoms with Gasteiger partial charge in [-0.15, -0.1) is 11.8 Å². The van der Waals surface area contributed by atoms with Crippen molar-refractivity contribution in [3.05, 3.63) is 60.2 Å². The van der Waals surface area contributed by atoms with Crippen molar-refractivity contribution in [1.29, 1.82) is 5.26 Å². The Morgan fingerprint density at radius 1 is 1.11 bits per heavy atom. The molecule has 0 aliphatic rings. The fraction of sp³-hybridized carbons (Fsp3) is 0.133. The van der Waals surface area contributed by atoms with Gasteiger partial charge in [-0.3, -0.25) is 4.90 Å². The molecule has 0 saturated heterocycles. The summed E-state index contributed by atoms with van der Waals surface area (Å²) in [6.07, 6.45) is 2.11. The van der Waals surface area contributed by atoms with Crippen LogP contribution in [0.1, 0.15) is 5.56 Å². The molecule has 0 unspecified atom stereocenters. The first-order valence-corrected chi connectivity index (χ1v) is 6.68. The SMILES string of the molecule is CN(C#N)c1cccc(SCc2ccccc2)c1. The Morgan fingerprint density at radius 2 is 1.89 bits per heavy atom. The van der Waals surface area contributed by atoms with Crippen molar-refractivity contribution in [2.45, 2.75) is 10.6 Å². The molecule has 2 aromatic carbocycles. The van der Waals surface area contributed by atoms with Crippen LogP contribution in [0.4, 0.5) is 5.69 Å². The van der Waals surface area contributed by atoms with Gasteiger partial charge in [0.15, 0.2) is 6.19 Å². The summed E-state index contributed by atoms with van der Waals surface area (Å²) in [7, 11) is 1.76. The van der Waals surface area contributed by atoms with Crippen LogP contribution in [0, 0.1) is 11.5 Å². The van der Waals surface area contributed by atoms with Gasteiger partial charge in [0.1, 0.15) is 0 Å². The van der Waals surface area contributed by atoms with Crippen LogP contribution in [0.25, 0.3) is 0 Å². The standard InChI is InChI=1S/C15H14N2S/c1-17(12-16)14-8-5-9-15(10-14)18-11-13-6-3-2-4-7-13/h2-10H,11H2,1H3. The normalized spacial score (nSPS) is 9.78. The van der Waals surface area contributed by atoms with E-state index in [4.69, 9.17) is 5.26 Å². The van der Waals surface area contributed by atoms with Gasteiger partial charge < -0.3 is 0 Å². The first-order chi connectivity index (χ1) is 8.79. The van der Waals surface area contributed by atoms with Crippen LogP contribution in [0.5, 0.6) is 0 Å². The van der Waals surface area contributed by atoms with E-state index < -0.39 is 0 Å². The summed E-state index contributed by atoms with van der Waals surface area (Å²) in [6, 6.07) is 18.4. The number of nitrogens with zero attached hydrogens (tertiary/aromatic N) is 2. The van der Waals surface area contributed by atoms with Gasteiger partial charge in [-0.05, 0) is 23.8 Å². The molecule has 0 radical (unpaired) electrons. The minimum Gasteiger partial charge on any atom is -0.283 e. The van der Waals surface area contributed by atoms with Crippen LogP contribution >= 0.6 is 11.8 Å². The van der Waals surface area contributed by atoms with Crippen molar-refractivity contribution < 1.29 is 0 Å². The van der Waals surface area contributed by atoms with Gasteiger partial charge in [-0.1, -0.05) is 36.4 Å². The Balaban J connectivity index is 2.04. The van der Waals surface area contributed by atoms with Crippen LogP contribution in [0.2, 0.25) is 0 Å². The molecule has 3 heteroatoms. The molecule has 0 saturated carbocycles. The number of thioether (sulfide) groups is 1. The Labute approximate surface area is 112 Å². The molecule has 0 N–H and O–H groups in total. The summed E-state index contributed by atoms with van der Waals surface area (Å²) in [4.78, 5) is 2.74. The molecule has 2 rings (SSSR count). The molecule has 0 aromatic heterocycles. The Bertz CT molecular complexity index is 546. The quantitative estimate of drug-likeness (QED) is 0.470. The van der Waals surface area contributed by atoms with Crippen molar-refractivity contribution >= 4 is 17.4 Å². The van der Waals surface area contributed by atoms with Gasteiger partial charge in [-0.25, -0.2) is 0 Å². The summed E-state index contributed by atoms with van der Waals surface area (Å²) in [5.41, 5.74) is 2.23. The predicted molar refractivity (Wildman–Crippen MR) is 76.5 cm³/mol. The van der Waals surface area contributed by atoms with Gasteiger partial charge in [0, 0.05) is 17.7 Å². The summed E-state index contributed by atoms with van der Waals surface area (Å²) >= 11 is 1.78. The number of anilines is 1. The highest BCUT2D eigenvalue weighted by atomic mass is 32.2. The van der Waals surface area contributed by atoms with Crippen molar-refractivity contribution in [2.75, 3.05) is 11.9 Å². The number of benzene rings is 2. The fourth-order valence-corrected chi connectivity index (χ4v) is 2.49. The topological polar surface area (TPSA) is 27.0 Å². The minimum atomic E-state index is 0.926. The average Bonchev–Trinajstić information content (AvgIpc) is 2.45. The molecule has 2 nitrogen and oxygen atoms in total. The lowest BCUT2D eigenvalue weighted by Crippen LogP contribution is -2.07. The lowest BCUT2D eigenvalue weighted by Gasteiger charge is -2.10. The highest BCUT2D eigenvalue weighted by molar-refractivity contribution is 7.98. The number of nitriles is 1. The molecule has 0 bridgehead atoms. The monoisotopic (exact) mass is 254 g/mol. The molecule has 0 aliphatic heterocycles. The smallest absolute Gasteiger partial charge is 0.183 e. The highest BCUT2D eigenvalue weighted by Gasteiger charge is 2.01. The van der Waals surface area contributed by atoms with E-state index in [0.717, 1.165) is 11.4 Å². The number of hydrogen-bond acceptors (Lipinski definition) is 3. The molecule has 0 aliphatic carbocycles. The van der Waals surface area contributed by atoms with E-state index in [1.807, 2.05) is 24.3 Å². The summed E-state index contributed by atoms with van der Waals surface area (Å²) in [5.74, 6) is 0.945. The van der Waals surface area contributed by atoms with Gasteiger partial charge in [-0.2, -0.15) is 5.26 Å². The van der Waals surface area contributed by atoms with E-state index in [-0.39, 0.29) is 0 Å². The van der Waals surface area contributed by atoms with Gasteiger partial charge in [0.2, 0.25) is 0 Å². The van der Waals surface area contributed by atoms with E-state index in [0.29, 0.717) is 0 Å². The molecule has 0 fully saturated rings. The molecule has 0 heterocycles. The molecular weight excluding hydrogens is 240 g/mol. The maximum atomic E-state index is 8.86. The highest BCUT2D eigenvalue weighted by Crippen LogP contribution is 2.26. The zero-order chi connectivity index (χ0) is 12.8. The second kappa shape index (κ2) is 6.13. The second-order valence-corrected chi connectivity index (χ2v) is 4.98. The van der Waals surface area contributed by atoms with Crippen molar-refractivity contribution in [3.63, 3.8) is 0 Å². The number of rotatable bonds is 4. The zero-order valence-corrected chi connectivity index (χ0v) is 11.0. The Morgan fingerprint density at radius 3 is 2.61 bits per heavy atom. The molecular formula is C15H14N2S. The molecule has 0 atom stereocenters. The third kappa shape index (κ3) is 3.28. The van der Waals surface area contributed by atoms with Crippen molar-refractivity contribution in [2.24, 2.45) is 0 Å². The molecule has 2 aromatic rings. The van der Waals surface area contributed by atoms with Crippen LogP contribution in [-0.4, -0.2) is 7.05 Å². The minimum absolute atomic E-state index is 0.926. The van der Waals surface area contributed by atoms with E-state index in [9.17, 15) is 0 Å². The van der Waals surface area contributed by atoms with Crippen LogP contribution in [0.15, 0.2) is 59.5 Å². The van der Waals surface area contributed by atoms with E-state index >= 15 is 0 Å². The van der Waals surface area contributed by atoms with Gasteiger partial charge in [0.25, 0.3) is 0 Å². The molecule has 0 spiro atoms. The first-order valence-electron chi connectivity index (χ1n) is 5.70. The Hall–Kier alpha value is -1.92. The van der Waals surface area contributed by atoms with Crippen LogP contribution in [0.3, 0.4) is 0 Å². The molecule has 18 heavy (non-hydrogen) atoms. The Kier molecular flexibility index (Phi) is 4.27. The van der Waals surface area contributed by atoms with Crippen molar-refractivity contribution in [1.82, 2.24) is 0 Å². The van der Waals surface area contributed by atoms with Crippen LogP contribution < -0.4 is 4.90 Å². The first kappa shape index (κ1) is 12.5. The third-order valence-corrected chi connectivity index (χ3v) is 3.67. The lowest BCUT2D eigenvalue weighted by molar-refractivity contribution is 1.19. The summed E-state index contributed by atoms with van der Waals surface area (Å²) < 4.78 is 0. The molecule has 90 valence electrons. The average molecular weight is 254 g/mol.